The average molecular weight is 396 g/mol. The maximum Gasteiger partial charge on any atom is 0.401 e. The minimum absolute atomic E-state index is 0.00154. The van der Waals surface area contributed by atoms with Gasteiger partial charge in [-0.2, -0.15) is 13.2 Å². The van der Waals surface area contributed by atoms with Crippen LogP contribution in [-0.4, -0.2) is 50.7 Å². The molecule has 3 rings (SSSR count). The zero-order chi connectivity index (χ0) is 20.1. The van der Waals surface area contributed by atoms with Gasteiger partial charge in [-0.25, -0.2) is 15.0 Å². The quantitative estimate of drug-likeness (QED) is 0.783. The lowest BCUT2D eigenvalue weighted by atomic mass is 9.86. The third-order valence-electron chi connectivity index (χ3n) is 4.75. The van der Waals surface area contributed by atoms with Gasteiger partial charge in [0.15, 0.2) is 0 Å². The number of hydrogen-bond donors (Lipinski definition) is 2. The van der Waals surface area contributed by atoms with Crippen molar-refractivity contribution in [2.45, 2.75) is 44.8 Å². The van der Waals surface area contributed by atoms with Crippen LogP contribution in [0.1, 0.15) is 41.9 Å². The van der Waals surface area contributed by atoms with E-state index in [0.29, 0.717) is 18.2 Å². The van der Waals surface area contributed by atoms with Crippen LogP contribution in [0.3, 0.4) is 0 Å². The van der Waals surface area contributed by atoms with E-state index in [0.717, 1.165) is 25.7 Å². The highest BCUT2D eigenvalue weighted by molar-refractivity contribution is 5.92. The van der Waals surface area contributed by atoms with Gasteiger partial charge in [0.2, 0.25) is 5.95 Å². The fourth-order valence-electron chi connectivity index (χ4n) is 3.35. The second-order valence-electron chi connectivity index (χ2n) is 7.10. The molecule has 7 nitrogen and oxygen atoms in total. The summed E-state index contributed by atoms with van der Waals surface area (Å²) in [5, 5.41) is 5.45. The molecule has 0 atom stereocenters. The Bertz CT molecular complexity index is 785. The summed E-state index contributed by atoms with van der Waals surface area (Å²) < 4.78 is 38.2. The number of aryl methyl sites for hydroxylation is 1. The van der Waals surface area contributed by atoms with Crippen molar-refractivity contribution < 1.29 is 18.0 Å². The second kappa shape index (κ2) is 8.68. The third kappa shape index (κ3) is 5.75. The molecular formula is C18H23F3N6O. The Kier molecular flexibility index (Phi) is 6.28. The van der Waals surface area contributed by atoms with Crippen LogP contribution in [0.25, 0.3) is 5.95 Å². The zero-order valence-electron chi connectivity index (χ0n) is 15.5. The highest BCUT2D eigenvalue weighted by Gasteiger charge is 2.28. The number of nitrogens with one attached hydrogen (secondary N) is 2. The molecule has 0 aromatic carbocycles. The Morgan fingerprint density at radius 2 is 2.00 bits per heavy atom. The van der Waals surface area contributed by atoms with E-state index in [9.17, 15) is 18.0 Å². The molecule has 1 aliphatic rings. The fraction of sp³-hybridized carbons (Fsp3) is 0.556. The molecule has 10 heteroatoms. The number of nitrogens with zero attached hydrogens (tertiary/aromatic N) is 4. The van der Waals surface area contributed by atoms with Gasteiger partial charge < -0.3 is 10.6 Å². The molecule has 1 amide bonds. The minimum Gasteiger partial charge on any atom is -0.348 e. The molecule has 0 radical (unpaired) electrons. The Labute approximate surface area is 160 Å². The Morgan fingerprint density at radius 1 is 1.25 bits per heavy atom. The SMILES string of the molecule is Cc1cc(C(=O)NC2CCC(CNCC(F)(F)F)CC2)nc(-n2ccnc2)n1. The highest BCUT2D eigenvalue weighted by Crippen LogP contribution is 2.24. The Balaban J connectivity index is 1.51. The first-order chi connectivity index (χ1) is 13.3. The number of carbonyl (C=O) groups excluding carboxylic acids is 1. The number of alkyl halides is 3. The molecule has 0 unspecified atom stereocenters. The number of hydrogen-bond acceptors (Lipinski definition) is 5. The summed E-state index contributed by atoms with van der Waals surface area (Å²) in [4.78, 5) is 25.1. The lowest BCUT2D eigenvalue weighted by Gasteiger charge is -2.29. The molecule has 2 aromatic rings. The lowest BCUT2D eigenvalue weighted by molar-refractivity contribution is -0.125. The molecular weight excluding hydrogens is 373 g/mol. The van der Waals surface area contributed by atoms with Crippen LogP contribution in [0.5, 0.6) is 0 Å². The summed E-state index contributed by atoms with van der Waals surface area (Å²) in [6.07, 6.45) is 3.71. The summed E-state index contributed by atoms with van der Waals surface area (Å²) in [6, 6.07) is 1.63. The van der Waals surface area contributed by atoms with Crippen molar-refractivity contribution >= 4 is 5.91 Å². The van der Waals surface area contributed by atoms with Crippen molar-refractivity contribution in [1.29, 1.82) is 0 Å². The number of halogens is 3. The van der Waals surface area contributed by atoms with Crippen LogP contribution in [0.2, 0.25) is 0 Å². The summed E-state index contributed by atoms with van der Waals surface area (Å²) in [6.45, 7) is 1.17. The van der Waals surface area contributed by atoms with E-state index in [1.165, 1.54) is 0 Å². The molecule has 1 saturated carbocycles. The van der Waals surface area contributed by atoms with Gasteiger partial charge >= 0.3 is 6.18 Å². The maximum absolute atomic E-state index is 12.6. The molecule has 1 aliphatic carbocycles. The summed E-state index contributed by atoms with van der Waals surface area (Å²) in [5.41, 5.74) is 0.952. The zero-order valence-corrected chi connectivity index (χ0v) is 15.5. The number of imidazole rings is 1. The third-order valence-corrected chi connectivity index (χ3v) is 4.75. The highest BCUT2D eigenvalue weighted by atomic mass is 19.4. The van der Waals surface area contributed by atoms with E-state index < -0.39 is 12.7 Å². The number of aromatic nitrogens is 4. The molecule has 0 spiro atoms. The smallest absolute Gasteiger partial charge is 0.348 e. The minimum atomic E-state index is -4.18. The largest absolute Gasteiger partial charge is 0.401 e. The second-order valence-corrected chi connectivity index (χ2v) is 7.10. The van der Waals surface area contributed by atoms with Crippen molar-refractivity contribution in [2.24, 2.45) is 5.92 Å². The van der Waals surface area contributed by atoms with Crippen LogP contribution in [0, 0.1) is 12.8 Å². The van der Waals surface area contributed by atoms with Crippen molar-refractivity contribution in [2.75, 3.05) is 13.1 Å². The van der Waals surface area contributed by atoms with Crippen molar-refractivity contribution in [3.63, 3.8) is 0 Å². The van der Waals surface area contributed by atoms with Gasteiger partial charge in [0.25, 0.3) is 5.91 Å². The monoisotopic (exact) mass is 396 g/mol. The molecule has 2 heterocycles. The molecule has 1 fully saturated rings. The van der Waals surface area contributed by atoms with Gasteiger partial charge in [-0.15, -0.1) is 0 Å². The summed E-state index contributed by atoms with van der Waals surface area (Å²) >= 11 is 0. The first-order valence-electron chi connectivity index (χ1n) is 9.22. The molecule has 0 saturated heterocycles. The van der Waals surface area contributed by atoms with Crippen molar-refractivity contribution in [3.05, 3.63) is 36.2 Å². The van der Waals surface area contributed by atoms with Gasteiger partial charge in [0, 0.05) is 24.1 Å². The van der Waals surface area contributed by atoms with Crippen LogP contribution < -0.4 is 10.6 Å². The van der Waals surface area contributed by atoms with Crippen molar-refractivity contribution in [1.82, 2.24) is 30.2 Å². The Hall–Kier alpha value is -2.49. The normalized spacial score (nSPS) is 20.1. The molecule has 2 N–H and O–H groups in total. The van der Waals surface area contributed by atoms with E-state index in [1.54, 1.807) is 36.3 Å². The van der Waals surface area contributed by atoms with Gasteiger partial charge in [0.1, 0.15) is 12.0 Å². The molecule has 0 bridgehead atoms. The fourth-order valence-corrected chi connectivity index (χ4v) is 3.35. The average Bonchev–Trinajstić information content (AvgIpc) is 3.16. The van der Waals surface area contributed by atoms with E-state index in [4.69, 9.17) is 0 Å². The topological polar surface area (TPSA) is 84.7 Å². The van der Waals surface area contributed by atoms with E-state index in [1.807, 2.05) is 0 Å². The van der Waals surface area contributed by atoms with Gasteiger partial charge in [-0.3, -0.25) is 9.36 Å². The summed E-state index contributed by atoms with van der Waals surface area (Å²) in [7, 11) is 0. The number of rotatable bonds is 6. The molecule has 28 heavy (non-hydrogen) atoms. The first-order valence-corrected chi connectivity index (χ1v) is 9.22. The predicted octanol–water partition coefficient (Wildman–Crippen LogP) is 2.41. The number of amides is 1. The van der Waals surface area contributed by atoms with Gasteiger partial charge in [0.05, 0.1) is 6.54 Å². The first kappa shape index (κ1) is 20.2. The predicted molar refractivity (Wildman–Crippen MR) is 96.0 cm³/mol. The van der Waals surface area contributed by atoms with Gasteiger partial charge in [-0.1, -0.05) is 0 Å². The van der Waals surface area contributed by atoms with Gasteiger partial charge in [-0.05, 0) is 51.1 Å². The standard InChI is InChI=1S/C18H23F3N6O/c1-12-8-15(26-17(24-12)27-7-6-22-11-27)16(28)25-14-4-2-13(3-5-14)9-23-10-18(19,20)21/h6-8,11,13-14,23H,2-5,9-10H2,1H3,(H,25,28). The van der Waals surface area contributed by atoms with Crippen LogP contribution in [-0.2, 0) is 0 Å². The van der Waals surface area contributed by atoms with Crippen LogP contribution in [0.4, 0.5) is 13.2 Å². The Morgan fingerprint density at radius 3 is 2.64 bits per heavy atom. The van der Waals surface area contributed by atoms with Crippen LogP contribution in [0.15, 0.2) is 24.8 Å². The van der Waals surface area contributed by atoms with E-state index in [-0.39, 0.29) is 23.6 Å². The van der Waals surface area contributed by atoms with E-state index in [2.05, 4.69) is 25.6 Å². The molecule has 2 aromatic heterocycles. The number of carbonyl (C=O) groups is 1. The van der Waals surface area contributed by atoms with E-state index >= 15 is 0 Å². The lowest BCUT2D eigenvalue weighted by Crippen LogP contribution is -2.40. The maximum atomic E-state index is 12.6. The van der Waals surface area contributed by atoms with Crippen LogP contribution >= 0.6 is 0 Å². The van der Waals surface area contributed by atoms with Crippen molar-refractivity contribution in [3.8, 4) is 5.95 Å². The summed E-state index contributed by atoms with van der Waals surface area (Å²) in [5.74, 6) is 0.303. The molecule has 0 aliphatic heterocycles. The molecule has 152 valence electrons.